The topological polar surface area (TPSA) is 134 Å². The Bertz CT molecular complexity index is 1790. The zero-order valence-electron chi connectivity index (χ0n) is 23.9. The Morgan fingerprint density at radius 3 is 2.43 bits per heavy atom. The summed E-state index contributed by atoms with van der Waals surface area (Å²) in [5, 5.41) is 11.5. The summed E-state index contributed by atoms with van der Waals surface area (Å²) in [5.74, 6) is 2.49. The molecule has 0 saturated carbocycles. The van der Waals surface area contributed by atoms with Crippen molar-refractivity contribution in [3.05, 3.63) is 82.0 Å². The Kier molecular flexibility index (Phi) is 9.28. The molecule has 218 valence electrons. The molecule has 2 heterocycles. The van der Waals surface area contributed by atoms with Crippen molar-refractivity contribution < 1.29 is 23.0 Å². The first kappa shape index (κ1) is 30.3. The Hall–Kier alpha value is -4.69. The van der Waals surface area contributed by atoms with E-state index in [1.165, 1.54) is 37.1 Å². The lowest BCUT2D eigenvalue weighted by Gasteiger charge is -2.25. The van der Waals surface area contributed by atoms with Crippen LogP contribution in [-0.4, -0.2) is 47.3 Å². The van der Waals surface area contributed by atoms with Gasteiger partial charge in [0, 0.05) is 18.2 Å². The minimum atomic E-state index is -4.48. The van der Waals surface area contributed by atoms with Crippen molar-refractivity contribution in [1.82, 2.24) is 19.5 Å². The zero-order valence-corrected chi connectivity index (χ0v) is 24.7. The fourth-order valence-electron chi connectivity index (χ4n) is 4.76. The summed E-state index contributed by atoms with van der Waals surface area (Å²) < 4.78 is 39.5. The van der Waals surface area contributed by atoms with E-state index < -0.39 is 32.2 Å². The van der Waals surface area contributed by atoms with Crippen LogP contribution in [0.4, 0.5) is 0 Å². The molecular formula is C31H32N4O6S. The summed E-state index contributed by atoms with van der Waals surface area (Å²) in [7, 11) is -1.61. The van der Waals surface area contributed by atoms with Gasteiger partial charge in [0.1, 0.15) is 5.82 Å². The number of rotatable bonds is 11. The van der Waals surface area contributed by atoms with E-state index in [1.807, 2.05) is 19.9 Å². The molecule has 0 aliphatic rings. The molecule has 0 fully saturated rings. The monoisotopic (exact) mass is 588 g/mol. The van der Waals surface area contributed by atoms with Gasteiger partial charge in [0.2, 0.25) is 21.6 Å². The maximum atomic E-state index is 13.8. The van der Waals surface area contributed by atoms with Gasteiger partial charge in [-0.05, 0) is 48.2 Å². The molecule has 10 nitrogen and oxygen atoms in total. The molecule has 42 heavy (non-hydrogen) atoms. The molecule has 11 heteroatoms. The van der Waals surface area contributed by atoms with E-state index in [0.29, 0.717) is 41.8 Å². The van der Waals surface area contributed by atoms with Gasteiger partial charge in [0.15, 0.2) is 4.90 Å². The van der Waals surface area contributed by atoms with Crippen LogP contribution in [0.25, 0.3) is 11.1 Å². The average Bonchev–Trinajstić information content (AvgIpc) is 3.01. The minimum absolute atomic E-state index is 0.118. The maximum Gasteiger partial charge on any atom is 0.319 e. The molecular weight excluding hydrogens is 556 g/mol. The third kappa shape index (κ3) is 5.85. The molecule has 0 radical (unpaired) electrons. The average molecular weight is 589 g/mol. The van der Waals surface area contributed by atoms with Crippen LogP contribution in [0.5, 0.6) is 17.8 Å². The van der Waals surface area contributed by atoms with Crippen molar-refractivity contribution in [2.24, 2.45) is 0 Å². The number of unbranched alkanes of at least 4 members (excludes halogenated alkanes) is 1. The predicted octanol–water partition coefficient (Wildman–Crippen LogP) is 4.58. The van der Waals surface area contributed by atoms with Gasteiger partial charge in [-0.25, -0.2) is 13.4 Å². The van der Waals surface area contributed by atoms with Crippen LogP contribution in [-0.2, 0) is 16.3 Å². The summed E-state index contributed by atoms with van der Waals surface area (Å²) in [6.45, 7) is 3.89. The number of benzene rings is 2. The molecule has 0 spiro atoms. The number of hydrogen-bond donors (Lipinski definition) is 1. The van der Waals surface area contributed by atoms with Crippen molar-refractivity contribution in [3.63, 3.8) is 0 Å². The quantitative estimate of drug-likeness (QED) is 0.250. The highest BCUT2D eigenvalue weighted by molar-refractivity contribution is 7.91. The number of sulfone groups is 1. The largest absolute Gasteiger partial charge is 0.493 e. The predicted molar refractivity (Wildman–Crippen MR) is 158 cm³/mol. The second-order valence-corrected chi connectivity index (χ2v) is 11.3. The van der Waals surface area contributed by atoms with E-state index in [1.54, 1.807) is 30.3 Å². The zero-order chi connectivity index (χ0) is 30.4. The van der Waals surface area contributed by atoms with Gasteiger partial charge in [-0.1, -0.05) is 50.5 Å². The van der Waals surface area contributed by atoms with Gasteiger partial charge in [-0.2, -0.15) is 9.97 Å². The summed E-state index contributed by atoms with van der Waals surface area (Å²) >= 11 is 0. The summed E-state index contributed by atoms with van der Waals surface area (Å²) in [5.41, 5.74) is 1.46. The highest BCUT2D eigenvalue weighted by atomic mass is 32.2. The minimum Gasteiger partial charge on any atom is -0.493 e. The highest BCUT2D eigenvalue weighted by Gasteiger charge is 2.32. The molecule has 0 bridgehead atoms. The lowest BCUT2D eigenvalue weighted by molar-refractivity contribution is 0.353. The molecule has 2 aromatic heterocycles. The number of terminal acetylenes is 1. The van der Waals surface area contributed by atoms with E-state index in [-0.39, 0.29) is 16.8 Å². The maximum absolute atomic E-state index is 13.8. The lowest BCUT2D eigenvalue weighted by atomic mass is 10.0. The second kappa shape index (κ2) is 12.9. The molecule has 0 aliphatic carbocycles. The first-order valence-corrected chi connectivity index (χ1v) is 14.9. The lowest BCUT2D eigenvalue weighted by Crippen LogP contribution is -2.27. The van der Waals surface area contributed by atoms with Crippen molar-refractivity contribution in [3.8, 4) is 41.2 Å². The molecule has 1 atom stereocenters. The highest BCUT2D eigenvalue weighted by Crippen LogP contribution is 2.35. The fraction of sp³-hybridized carbons (Fsp3) is 0.290. The molecule has 0 unspecified atom stereocenters. The van der Waals surface area contributed by atoms with Crippen LogP contribution in [0.1, 0.15) is 56.1 Å². The van der Waals surface area contributed by atoms with Gasteiger partial charge in [-0.15, -0.1) is 6.42 Å². The first-order chi connectivity index (χ1) is 20.2. The van der Waals surface area contributed by atoms with Crippen LogP contribution in [0.3, 0.4) is 0 Å². The number of nitrogens with zero attached hydrogens (tertiary/aromatic N) is 4. The van der Waals surface area contributed by atoms with Crippen LogP contribution in [0, 0.1) is 12.3 Å². The van der Waals surface area contributed by atoms with E-state index >= 15 is 0 Å². The Morgan fingerprint density at radius 2 is 1.81 bits per heavy atom. The number of aryl methyl sites for hydroxylation is 1. The van der Waals surface area contributed by atoms with E-state index in [0.717, 1.165) is 12.0 Å². The normalized spacial score (nSPS) is 12.0. The standard InChI is InChI=1S/C31H32N4O6S/c1-6-9-13-26-33-28(36)27(30(37)35(26)25(8-3)22-12-10-11-20(7-2)18-22)42(38,39)23-16-14-21(15-17-23)24-19-32-31(41-5)34-29(24)40-4/h2,10-12,14-19,25,37H,6,8-9,13H2,1,3-5H3/t25-/m0/s1. The molecule has 4 rings (SSSR count). The smallest absolute Gasteiger partial charge is 0.319 e. The summed E-state index contributed by atoms with van der Waals surface area (Å²) in [6, 6.07) is 12.6. The van der Waals surface area contributed by atoms with E-state index in [4.69, 9.17) is 15.9 Å². The Labute approximate surface area is 245 Å². The van der Waals surface area contributed by atoms with Gasteiger partial charge >= 0.3 is 6.01 Å². The first-order valence-electron chi connectivity index (χ1n) is 13.4. The number of methoxy groups -OCH3 is 2. The van der Waals surface area contributed by atoms with E-state index in [9.17, 15) is 18.3 Å². The van der Waals surface area contributed by atoms with Gasteiger partial charge in [-0.3, -0.25) is 9.36 Å². The van der Waals surface area contributed by atoms with Crippen molar-refractivity contribution in [2.45, 2.75) is 55.4 Å². The van der Waals surface area contributed by atoms with Crippen LogP contribution in [0.15, 0.2) is 69.3 Å². The Balaban J connectivity index is 1.85. The van der Waals surface area contributed by atoms with Crippen LogP contribution in [0.2, 0.25) is 0 Å². The SMILES string of the molecule is C#Cc1cccc([C@H](CC)n2c(CCCC)nc(=O)c(S(=O)(=O)c3ccc(-c4cnc(OC)nc4OC)cc3)c2O)c1. The summed E-state index contributed by atoms with van der Waals surface area (Å²) in [4.78, 5) is 24.7. The van der Waals surface area contributed by atoms with Crippen LogP contribution < -0.4 is 15.0 Å². The molecule has 0 amide bonds. The molecule has 0 saturated heterocycles. The molecule has 1 N–H and O–H groups in total. The Morgan fingerprint density at radius 1 is 1.07 bits per heavy atom. The fourth-order valence-corrected chi connectivity index (χ4v) is 6.10. The second-order valence-electron chi connectivity index (χ2n) is 9.46. The van der Waals surface area contributed by atoms with Crippen molar-refractivity contribution >= 4 is 9.84 Å². The molecule has 2 aromatic carbocycles. The van der Waals surface area contributed by atoms with Gasteiger partial charge < -0.3 is 14.6 Å². The molecule has 4 aromatic rings. The van der Waals surface area contributed by atoms with Gasteiger partial charge in [0.25, 0.3) is 5.56 Å². The number of hydrogen-bond acceptors (Lipinski definition) is 9. The number of aromatic nitrogens is 4. The third-order valence-electron chi connectivity index (χ3n) is 6.88. The molecule has 0 aliphatic heterocycles. The van der Waals surface area contributed by atoms with E-state index in [2.05, 4.69) is 20.9 Å². The van der Waals surface area contributed by atoms with Crippen molar-refractivity contribution in [2.75, 3.05) is 14.2 Å². The van der Waals surface area contributed by atoms with Gasteiger partial charge in [0.05, 0.1) is 30.7 Å². The van der Waals surface area contributed by atoms with Crippen LogP contribution >= 0.6 is 0 Å². The number of ether oxygens (including phenoxy) is 2. The summed E-state index contributed by atoms with van der Waals surface area (Å²) in [6.07, 6.45) is 9.47. The number of aromatic hydroxyl groups is 1. The van der Waals surface area contributed by atoms with Crippen molar-refractivity contribution in [1.29, 1.82) is 0 Å². The third-order valence-corrected chi connectivity index (χ3v) is 8.66.